The van der Waals surface area contributed by atoms with Crippen LogP contribution in [0, 0.1) is 10.1 Å². The zero-order chi connectivity index (χ0) is 17.4. The normalized spacial score (nSPS) is 12.2. The summed E-state index contributed by atoms with van der Waals surface area (Å²) in [6.45, 7) is 1.39. The lowest BCUT2D eigenvalue weighted by Gasteiger charge is -2.10. The molecule has 9 heteroatoms. The standard InChI is InChI=1S/C15H11N3O5S/c1-8(15(20)21)17-7-16-13-12(14(17)19)11(6-24-13)9-3-2-4-10(5-9)18(22)23/h2-8H,1H3,(H,20,21)/t8-/m1/s1. The molecular formula is C15H11N3O5S. The smallest absolute Gasteiger partial charge is 0.326 e. The highest BCUT2D eigenvalue weighted by atomic mass is 32.1. The van der Waals surface area contributed by atoms with Gasteiger partial charge in [0.25, 0.3) is 11.2 Å². The van der Waals surface area contributed by atoms with Crippen LogP contribution in [0.2, 0.25) is 0 Å². The summed E-state index contributed by atoms with van der Waals surface area (Å²) in [6.07, 6.45) is 1.21. The largest absolute Gasteiger partial charge is 0.480 e. The Morgan fingerprint density at radius 1 is 1.46 bits per heavy atom. The van der Waals surface area contributed by atoms with E-state index in [4.69, 9.17) is 5.11 Å². The van der Waals surface area contributed by atoms with Gasteiger partial charge >= 0.3 is 5.97 Å². The number of nitro groups is 1. The third-order valence-corrected chi connectivity index (χ3v) is 4.55. The third kappa shape index (κ3) is 2.54. The predicted octanol–water partition coefficient (Wildman–Crippen LogP) is 2.68. The van der Waals surface area contributed by atoms with Gasteiger partial charge in [-0.1, -0.05) is 12.1 Å². The molecule has 2 aromatic heterocycles. The Labute approximate surface area is 138 Å². The molecular weight excluding hydrogens is 334 g/mol. The van der Waals surface area contributed by atoms with Gasteiger partial charge in [0.15, 0.2) is 0 Å². The first-order valence-electron chi connectivity index (χ1n) is 6.86. The van der Waals surface area contributed by atoms with Crippen molar-refractivity contribution in [2.24, 2.45) is 0 Å². The number of benzene rings is 1. The summed E-state index contributed by atoms with van der Waals surface area (Å²) in [5.41, 5.74) is 0.436. The number of thiophene rings is 1. The lowest BCUT2D eigenvalue weighted by atomic mass is 10.1. The van der Waals surface area contributed by atoms with Gasteiger partial charge in [-0.05, 0) is 12.5 Å². The number of nitrogens with zero attached hydrogens (tertiary/aromatic N) is 3. The Bertz CT molecular complexity index is 1020. The second kappa shape index (κ2) is 5.85. The van der Waals surface area contributed by atoms with E-state index in [0.29, 0.717) is 16.0 Å². The van der Waals surface area contributed by atoms with Crippen molar-refractivity contribution in [2.75, 3.05) is 0 Å². The highest BCUT2D eigenvalue weighted by Crippen LogP contribution is 2.32. The molecule has 0 bridgehead atoms. The number of nitro benzene ring substituents is 1. The molecule has 0 aliphatic rings. The minimum absolute atomic E-state index is 0.0880. The number of carbonyl (C=O) groups is 1. The molecule has 0 saturated carbocycles. The molecule has 1 aromatic carbocycles. The van der Waals surface area contributed by atoms with E-state index >= 15 is 0 Å². The van der Waals surface area contributed by atoms with Crippen LogP contribution in [0.4, 0.5) is 5.69 Å². The van der Waals surface area contributed by atoms with Crippen molar-refractivity contribution in [1.29, 1.82) is 0 Å². The Morgan fingerprint density at radius 2 is 2.21 bits per heavy atom. The minimum atomic E-state index is -1.15. The zero-order valence-corrected chi connectivity index (χ0v) is 13.2. The maximum atomic E-state index is 12.7. The van der Waals surface area contributed by atoms with Gasteiger partial charge in [-0.3, -0.25) is 19.5 Å². The van der Waals surface area contributed by atoms with E-state index in [-0.39, 0.29) is 11.1 Å². The molecule has 0 amide bonds. The lowest BCUT2D eigenvalue weighted by Crippen LogP contribution is -2.28. The number of non-ortho nitro benzene ring substituents is 1. The van der Waals surface area contributed by atoms with Gasteiger partial charge in [0.05, 0.1) is 16.6 Å². The first kappa shape index (κ1) is 15.8. The zero-order valence-electron chi connectivity index (χ0n) is 12.4. The van der Waals surface area contributed by atoms with Gasteiger partial charge in [-0.2, -0.15) is 0 Å². The summed E-state index contributed by atoms with van der Waals surface area (Å²) in [4.78, 5) is 38.8. The summed E-state index contributed by atoms with van der Waals surface area (Å²) in [7, 11) is 0. The molecule has 0 saturated heterocycles. The van der Waals surface area contributed by atoms with Crippen molar-refractivity contribution < 1.29 is 14.8 Å². The molecule has 1 atom stereocenters. The highest BCUT2D eigenvalue weighted by Gasteiger charge is 2.20. The van der Waals surface area contributed by atoms with Crippen molar-refractivity contribution in [3.05, 3.63) is 56.4 Å². The van der Waals surface area contributed by atoms with Crippen LogP contribution >= 0.6 is 11.3 Å². The Morgan fingerprint density at radius 3 is 2.88 bits per heavy atom. The van der Waals surface area contributed by atoms with Crippen molar-refractivity contribution in [1.82, 2.24) is 9.55 Å². The second-order valence-electron chi connectivity index (χ2n) is 5.11. The average molecular weight is 345 g/mol. The van der Waals surface area contributed by atoms with E-state index < -0.39 is 22.5 Å². The molecule has 0 unspecified atom stereocenters. The Balaban J connectivity index is 2.25. The average Bonchev–Trinajstić information content (AvgIpc) is 2.99. The number of carboxylic acids is 1. The minimum Gasteiger partial charge on any atom is -0.480 e. The molecule has 3 rings (SSSR count). The third-order valence-electron chi connectivity index (χ3n) is 3.66. The molecule has 8 nitrogen and oxygen atoms in total. The number of hydrogen-bond acceptors (Lipinski definition) is 6. The fourth-order valence-electron chi connectivity index (χ4n) is 2.34. The van der Waals surface area contributed by atoms with Crippen LogP contribution in [0.3, 0.4) is 0 Å². The van der Waals surface area contributed by atoms with Gasteiger partial charge in [0.2, 0.25) is 0 Å². The molecule has 2 heterocycles. The molecule has 0 spiro atoms. The topological polar surface area (TPSA) is 115 Å². The fourth-order valence-corrected chi connectivity index (χ4v) is 3.25. The van der Waals surface area contributed by atoms with Gasteiger partial charge in [-0.15, -0.1) is 11.3 Å². The van der Waals surface area contributed by atoms with Crippen LogP contribution in [0.1, 0.15) is 13.0 Å². The van der Waals surface area contributed by atoms with E-state index in [1.807, 2.05) is 0 Å². The van der Waals surface area contributed by atoms with Crippen LogP contribution in [-0.4, -0.2) is 25.6 Å². The number of aliphatic carboxylic acids is 1. The molecule has 0 fully saturated rings. The van der Waals surface area contributed by atoms with Crippen LogP contribution in [0.15, 0.2) is 40.8 Å². The van der Waals surface area contributed by atoms with Crippen LogP contribution in [-0.2, 0) is 4.79 Å². The van der Waals surface area contributed by atoms with E-state index in [1.54, 1.807) is 11.4 Å². The highest BCUT2D eigenvalue weighted by molar-refractivity contribution is 7.17. The fraction of sp³-hybridized carbons (Fsp3) is 0.133. The molecule has 0 aliphatic carbocycles. The maximum Gasteiger partial charge on any atom is 0.326 e. The van der Waals surface area contributed by atoms with Crippen molar-refractivity contribution >= 4 is 33.2 Å². The lowest BCUT2D eigenvalue weighted by molar-refractivity contribution is -0.384. The van der Waals surface area contributed by atoms with E-state index in [0.717, 1.165) is 4.57 Å². The Kier molecular flexibility index (Phi) is 3.86. The molecule has 3 aromatic rings. The molecule has 0 radical (unpaired) electrons. The SMILES string of the molecule is C[C@H](C(=O)O)n1cnc2scc(-c3cccc([N+](=O)[O-])c3)c2c1=O. The van der Waals surface area contributed by atoms with Crippen molar-refractivity contribution in [2.45, 2.75) is 13.0 Å². The van der Waals surface area contributed by atoms with Gasteiger partial charge < -0.3 is 5.11 Å². The summed E-state index contributed by atoms with van der Waals surface area (Å²) in [6, 6.07) is 4.87. The Hall–Kier alpha value is -3.07. The monoisotopic (exact) mass is 345 g/mol. The summed E-state index contributed by atoms with van der Waals surface area (Å²) in [5.74, 6) is -1.15. The second-order valence-corrected chi connectivity index (χ2v) is 5.97. The maximum absolute atomic E-state index is 12.7. The molecule has 122 valence electrons. The predicted molar refractivity (Wildman–Crippen MR) is 88.3 cm³/mol. The number of fused-ring (bicyclic) bond motifs is 1. The molecule has 1 N–H and O–H groups in total. The van der Waals surface area contributed by atoms with E-state index in [1.165, 1.54) is 42.8 Å². The number of carboxylic acid groups (broad SMARTS) is 1. The summed E-state index contributed by atoms with van der Waals surface area (Å²) < 4.78 is 1.04. The van der Waals surface area contributed by atoms with Crippen LogP contribution in [0.25, 0.3) is 21.3 Å². The van der Waals surface area contributed by atoms with Gasteiger partial charge in [0, 0.05) is 23.1 Å². The number of rotatable bonds is 4. The quantitative estimate of drug-likeness (QED) is 0.574. The molecule has 0 aliphatic heterocycles. The first-order chi connectivity index (χ1) is 11.4. The summed E-state index contributed by atoms with van der Waals surface area (Å²) in [5, 5.41) is 22.0. The van der Waals surface area contributed by atoms with Crippen molar-refractivity contribution in [3.63, 3.8) is 0 Å². The van der Waals surface area contributed by atoms with Crippen LogP contribution < -0.4 is 5.56 Å². The summed E-state index contributed by atoms with van der Waals surface area (Å²) >= 11 is 1.22. The number of hydrogen-bond donors (Lipinski definition) is 1. The van der Waals surface area contributed by atoms with E-state index in [9.17, 15) is 19.7 Å². The van der Waals surface area contributed by atoms with Crippen LogP contribution in [0.5, 0.6) is 0 Å². The number of aromatic nitrogens is 2. The van der Waals surface area contributed by atoms with Crippen molar-refractivity contribution in [3.8, 4) is 11.1 Å². The van der Waals surface area contributed by atoms with Gasteiger partial charge in [-0.25, -0.2) is 9.78 Å². The molecule has 24 heavy (non-hydrogen) atoms. The van der Waals surface area contributed by atoms with Gasteiger partial charge in [0.1, 0.15) is 10.9 Å². The first-order valence-corrected chi connectivity index (χ1v) is 7.74. The van der Waals surface area contributed by atoms with E-state index in [2.05, 4.69) is 4.98 Å².